The minimum Gasteiger partial charge on any atom is -0.365 e. The van der Waals surface area contributed by atoms with Crippen molar-refractivity contribution in [3.63, 3.8) is 0 Å². The first-order valence-corrected chi connectivity index (χ1v) is 6.91. The largest absolute Gasteiger partial charge is 0.365 e. The summed E-state index contributed by atoms with van der Waals surface area (Å²) < 4.78 is 0. The summed E-state index contributed by atoms with van der Waals surface area (Å²) in [5.41, 5.74) is 0.547. The molecule has 1 atom stereocenters. The lowest BCUT2D eigenvalue weighted by Gasteiger charge is -2.20. The van der Waals surface area contributed by atoms with Gasteiger partial charge < -0.3 is 10.2 Å². The molecule has 5 nitrogen and oxygen atoms in total. The predicted molar refractivity (Wildman–Crippen MR) is 76.9 cm³/mol. The second kappa shape index (κ2) is 8.44. The number of hydrogen-bond acceptors (Lipinski definition) is 5. The average molecular weight is 261 g/mol. The van der Waals surface area contributed by atoms with Crippen molar-refractivity contribution >= 4 is 5.82 Å². The third-order valence-corrected chi connectivity index (χ3v) is 3.23. The van der Waals surface area contributed by atoms with Gasteiger partial charge in [0, 0.05) is 6.04 Å². The molecule has 0 fully saturated rings. The maximum Gasteiger partial charge on any atom is 0.166 e. The van der Waals surface area contributed by atoms with Crippen LogP contribution in [0.5, 0.6) is 0 Å². The molecule has 5 heteroatoms. The molecule has 0 saturated heterocycles. The molecule has 0 saturated carbocycles. The van der Waals surface area contributed by atoms with Crippen LogP contribution in [0, 0.1) is 11.3 Å². The Morgan fingerprint density at radius 2 is 2.16 bits per heavy atom. The molecule has 1 aromatic heterocycles. The summed E-state index contributed by atoms with van der Waals surface area (Å²) in [6.07, 6.45) is 3.73. The van der Waals surface area contributed by atoms with Gasteiger partial charge in [0.15, 0.2) is 5.82 Å². The zero-order chi connectivity index (χ0) is 14.1. The first kappa shape index (κ1) is 15.4. The van der Waals surface area contributed by atoms with Crippen molar-refractivity contribution in [2.45, 2.75) is 39.7 Å². The standard InChI is InChI=1S/C14H23N5/c1-4-19(5-2)10-6-7-12(3)17-14-13(11-15)8-9-16-18-14/h8-9,12H,4-7,10H2,1-3H3,(H,17,18). The maximum absolute atomic E-state index is 8.98. The highest BCUT2D eigenvalue weighted by atomic mass is 15.2. The van der Waals surface area contributed by atoms with Gasteiger partial charge in [-0.3, -0.25) is 0 Å². The number of nitriles is 1. The van der Waals surface area contributed by atoms with Gasteiger partial charge in [0.1, 0.15) is 6.07 Å². The molecule has 0 amide bonds. The Bertz CT molecular complexity index is 409. The molecule has 1 unspecified atom stereocenters. The van der Waals surface area contributed by atoms with E-state index >= 15 is 0 Å². The van der Waals surface area contributed by atoms with Crippen LogP contribution in [0.1, 0.15) is 39.2 Å². The second-order valence-electron chi connectivity index (χ2n) is 4.62. The maximum atomic E-state index is 8.98. The lowest BCUT2D eigenvalue weighted by atomic mass is 10.1. The molecule has 0 aromatic carbocycles. The molecule has 0 aliphatic carbocycles. The first-order valence-electron chi connectivity index (χ1n) is 6.91. The van der Waals surface area contributed by atoms with Gasteiger partial charge in [-0.1, -0.05) is 13.8 Å². The van der Waals surface area contributed by atoms with Gasteiger partial charge in [0.25, 0.3) is 0 Å². The SMILES string of the molecule is CCN(CC)CCCC(C)Nc1nnccc1C#N. The van der Waals surface area contributed by atoms with E-state index in [-0.39, 0.29) is 0 Å². The van der Waals surface area contributed by atoms with Crippen LogP contribution in [0.2, 0.25) is 0 Å². The Hall–Kier alpha value is -1.67. The van der Waals surface area contributed by atoms with Crippen molar-refractivity contribution in [1.29, 1.82) is 5.26 Å². The van der Waals surface area contributed by atoms with E-state index in [1.165, 1.54) is 6.20 Å². The minimum absolute atomic E-state index is 0.291. The molecule has 0 aliphatic heterocycles. The van der Waals surface area contributed by atoms with Gasteiger partial charge in [0.2, 0.25) is 0 Å². The number of nitrogens with one attached hydrogen (secondary N) is 1. The van der Waals surface area contributed by atoms with E-state index in [0.29, 0.717) is 17.4 Å². The van der Waals surface area contributed by atoms with E-state index in [1.54, 1.807) is 6.07 Å². The summed E-state index contributed by atoms with van der Waals surface area (Å²) in [4.78, 5) is 2.41. The summed E-state index contributed by atoms with van der Waals surface area (Å²) in [6, 6.07) is 4.09. The topological polar surface area (TPSA) is 64.8 Å². The second-order valence-corrected chi connectivity index (χ2v) is 4.62. The van der Waals surface area contributed by atoms with Crippen LogP contribution in [0.25, 0.3) is 0 Å². The van der Waals surface area contributed by atoms with E-state index < -0.39 is 0 Å². The summed E-state index contributed by atoms with van der Waals surface area (Å²) >= 11 is 0. The zero-order valence-electron chi connectivity index (χ0n) is 12.1. The van der Waals surface area contributed by atoms with Crippen LogP contribution < -0.4 is 5.32 Å². The van der Waals surface area contributed by atoms with Crippen LogP contribution >= 0.6 is 0 Å². The molecule has 0 bridgehead atoms. The van der Waals surface area contributed by atoms with Crippen molar-refractivity contribution in [3.8, 4) is 6.07 Å². The Morgan fingerprint density at radius 3 is 2.79 bits per heavy atom. The first-order chi connectivity index (χ1) is 9.21. The molecule has 0 aliphatic rings. The van der Waals surface area contributed by atoms with E-state index in [1.807, 2.05) is 0 Å². The molecule has 1 rings (SSSR count). The predicted octanol–water partition coefficient (Wildman–Crippen LogP) is 2.27. The third kappa shape index (κ3) is 5.23. The zero-order valence-corrected chi connectivity index (χ0v) is 12.1. The molecule has 0 radical (unpaired) electrons. The van der Waals surface area contributed by atoms with Crippen LogP contribution in [0.15, 0.2) is 12.3 Å². The van der Waals surface area contributed by atoms with Crippen molar-refractivity contribution in [3.05, 3.63) is 17.8 Å². The van der Waals surface area contributed by atoms with Crippen molar-refractivity contribution in [2.75, 3.05) is 25.0 Å². The minimum atomic E-state index is 0.291. The van der Waals surface area contributed by atoms with Gasteiger partial charge in [0.05, 0.1) is 11.8 Å². The van der Waals surface area contributed by atoms with Crippen molar-refractivity contribution in [1.82, 2.24) is 15.1 Å². The highest BCUT2D eigenvalue weighted by molar-refractivity contribution is 5.50. The summed E-state index contributed by atoms with van der Waals surface area (Å²) in [5.74, 6) is 0.584. The molecular formula is C14H23N5. The molecule has 1 aromatic rings. The van der Waals surface area contributed by atoms with Crippen LogP contribution in [0.3, 0.4) is 0 Å². The molecule has 1 N–H and O–H groups in total. The number of anilines is 1. The molecule has 1 heterocycles. The monoisotopic (exact) mass is 261 g/mol. The van der Waals surface area contributed by atoms with Crippen LogP contribution in [0.4, 0.5) is 5.82 Å². The number of rotatable bonds is 8. The van der Waals surface area contributed by atoms with E-state index in [2.05, 4.69) is 47.3 Å². The summed E-state index contributed by atoms with van der Waals surface area (Å²) in [5, 5.41) is 20.0. The van der Waals surface area contributed by atoms with E-state index in [9.17, 15) is 0 Å². The van der Waals surface area contributed by atoms with Gasteiger partial charge in [-0.05, 0) is 45.5 Å². The third-order valence-electron chi connectivity index (χ3n) is 3.23. The highest BCUT2D eigenvalue weighted by Gasteiger charge is 2.08. The Kier molecular flexibility index (Phi) is 6.83. The Morgan fingerprint density at radius 1 is 1.42 bits per heavy atom. The normalized spacial score (nSPS) is 12.2. The molecule has 0 spiro atoms. The van der Waals surface area contributed by atoms with Crippen LogP contribution in [-0.2, 0) is 0 Å². The number of aromatic nitrogens is 2. The van der Waals surface area contributed by atoms with Gasteiger partial charge >= 0.3 is 0 Å². The highest BCUT2D eigenvalue weighted by Crippen LogP contribution is 2.12. The Balaban J connectivity index is 2.39. The van der Waals surface area contributed by atoms with Crippen LogP contribution in [-0.4, -0.2) is 40.8 Å². The summed E-state index contributed by atoms with van der Waals surface area (Å²) in [6.45, 7) is 9.79. The van der Waals surface area contributed by atoms with E-state index in [0.717, 1.165) is 32.5 Å². The van der Waals surface area contributed by atoms with Gasteiger partial charge in [-0.15, -0.1) is 5.10 Å². The number of nitrogens with zero attached hydrogens (tertiary/aromatic N) is 4. The lowest BCUT2D eigenvalue weighted by Crippen LogP contribution is -2.26. The van der Waals surface area contributed by atoms with Crippen molar-refractivity contribution < 1.29 is 0 Å². The molecule has 19 heavy (non-hydrogen) atoms. The fraction of sp³-hybridized carbons (Fsp3) is 0.643. The quantitative estimate of drug-likeness (QED) is 0.777. The van der Waals surface area contributed by atoms with Crippen molar-refractivity contribution in [2.24, 2.45) is 0 Å². The average Bonchev–Trinajstić information content (AvgIpc) is 2.44. The fourth-order valence-electron chi connectivity index (χ4n) is 2.00. The smallest absolute Gasteiger partial charge is 0.166 e. The molecule has 104 valence electrons. The molecular weight excluding hydrogens is 238 g/mol. The lowest BCUT2D eigenvalue weighted by molar-refractivity contribution is 0.295. The summed E-state index contributed by atoms with van der Waals surface area (Å²) in [7, 11) is 0. The fourth-order valence-corrected chi connectivity index (χ4v) is 2.00. The van der Waals surface area contributed by atoms with E-state index in [4.69, 9.17) is 5.26 Å². The van der Waals surface area contributed by atoms with Gasteiger partial charge in [-0.2, -0.15) is 10.4 Å². The Labute approximate surface area is 115 Å². The van der Waals surface area contributed by atoms with Gasteiger partial charge in [-0.25, -0.2) is 0 Å². The number of hydrogen-bond donors (Lipinski definition) is 1.